The molecule has 1 N–H and O–H groups in total. The van der Waals surface area contributed by atoms with Crippen molar-refractivity contribution in [2.75, 3.05) is 39.3 Å². The Morgan fingerprint density at radius 2 is 1.87 bits per heavy atom. The fourth-order valence-electron chi connectivity index (χ4n) is 2.18. The van der Waals surface area contributed by atoms with Gasteiger partial charge in [0.25, 0.3) is 0 Å². The van der Waals surface area contributed by atoms with E-state index in [1.54, 1.807) is 0 Å². The lowest BCUT2D eigenvalue weighted by atomic mass is 10.3. The van der Waals surface area contributed by atoms with Crippen LogP contribution in [0.15, 0.2) is 0 Å². The molecule has 0 aliphatic carbocycles. The van der Waals surface area contributed by atoms with Crippen molar-refractivity contribution in [3.05, 3.63) is 0 Å². The minimum Gasteiger partial charge on any atom is -0.396 e. The fraction of sp³-hybridized carbons (Fsp3) is 1.00. The minimum atomic E-state index is 0.312. The number of nitrogens with zero attached hydrogens (tertiary/aromatic N) is 2. The monoisotopic (exact) mass is 214 g/mol. The normalized spacial score (nSPS) is 18.2. The third kappa shape index (κ3) is 4.96. The highest BCUT2D eigenvalue weighted by atomic mass is 16.3. The summed E-state index contributed by atoms with van der Waals surface area (Å²) in [6.45, 7) is 10.7. The molecule has 1 saturated heterocycles. The zero-order valence-corrected chi connectivity index (χ0v) is 10.3. The average molecular weight is 214 g/mol. The molecular formula is C12H26N2O. The summed E-state index contributed by atoms with van der Waals surface area (Å²) >= 11 is 0. The van der Waals surface area contributed by atoms with Gasteiger partial charge in [-0.25, -0.2) is 0 Å². The summed E-state index contributed by atoms with van der Waals surface area (Å²) < 4.78 is 0. The molecule has 1 aliphatic heterocycles. The Morgan fingerprint density at radius 1 is 1.20 bits per heavy atom. The molecule has 1 aliphatic rings. The quantitative estimate of drug-likeness (QED) is 0.689. The summed E-state index contributed by atoms with van der Waals surface area (Å²) in [5.41, 5.74) is 0. The molecule has 1 heterocycles. The predicted molar refractivity (Wildman–Crippen MR) is 64.1 cm³/mol. The molecule has 0 spiro atoms. The molecule has 15 heavy (non-hydrogen) atoms. The van der Waals surface area contributed by atoms with Gasteiger partial charge in [-0.15, -0.1) is 0 Å². The second-order valence-corrected chi connectivity index (χ2v) is 4.76. The summed E-state index contributed by atoms with van der Waals surface area (Å²) in [5, 5.41) is 8.84. The van der Waals surface area contributed by atoms with Gasteiger partial charge in [0.15, 0.2) is 0 Å². The lowest BCUT2D eigenvalue weighted by Crippen LogP contribution is -2.38. The van der Waals surface area contributed by atoms with Crippen LogP contribution in [-0.4, -0.2) is 60.3 Å². The molecule has 0 aromatic carbocycles. The molecular weight excluding hydrogens is 188 g/mol. The zero-order valence-electron chi connectivity index (χ0n) is 10.3. The van der Waals surface area contributed by atoms with Gasteiger partial charge in [0, 0.05) is 32.3 Å². The third-order valence-corrected chi connectivity index (χ3v) is 3.24. The van der Waals surface area contributed by atoms with Crippen molar-refractivity contribution in [1.29, 1.82) is 0 Å². The van der Waals surface area contributed by atoms with Crippen LogP contribution in [0.4, 0.5) is 0 Å². The summed E-state index contributed by atoms with van der Waals surface area (Å²) in [5.74, 6) is 0. The Balaban J connectivity index is 2.17. The molecule has 0 radical (unpaired) electrons. The standard InChI is InChI=1S/C12H26N2O/c1-12(2)14(8-5-11-15)10-9-13-6-3-4-7-13/h12,15H,3-11H2,1-2H3. The maximum absolute atomic E-state index is 8.84. The summed E-state index contributed by atoms with van der Waals surface area (Å²) in [6, 6.07) is 0.596. The number of likely N-dealkylation sites (tertiary alicyclic amines) is 1. The van der Waals surface area contributed by atoms with Gasteiger partial charge in [0.2, 0.25) is 0 Å². The lowest BCUT2D eigenvalue weighted by molar-refractivity contribution is 0.170. The first-order valence-corrected chi connectivity index (χ1v) is 6.31. The Kier molecular flexibility index (Phi) is 6.22. The Hall–Kier alpha value is -0.120. The van der Waals surface area contributed by atoms with Gasteiger partial charge in [-0.05, 0) is 46.2 Å². The highest BCUT2D eigenvalue weighted by Crippen LogP contribution is 2.08. The van der Waals surface area contributed by atoms with Crippen LogP contribution in [0, 0.1) is 0 Å². The molecule has 3 heteroatoms. The van der Waals surface area contributed by atoms with Crippen molar-refractivity contribution >= 4 is 0 Å². The number of hydrogen-bond donors (Lipinski definition) is 1. The number of aliphatic hydroxyl groups excluding tert-OH is 1. The van der Waals surface area contributed by atoms with Crippen molar-refractivity contribution in [1.82, 2.24) is 9.80 Å². The van der Waals surface area contributed by atoms with E-state index in [4.69, 9.17) is 5.11 Å². The van der Waals surface area contributed by atoms with Gasteiger partial charge in [0.05, 0.1) is 0 Å². The lowest BCUT2D eigenvalue weighted by Gasteiger charge is -2.28. The van der Waals surface area contributed by atoms with Crippen LogP contribution in [0.5, 0.6) is 0 Å². The summed E-state index contributed by atoms with van der Waals surface area (Å²) in [7, 11) is 0. The minimum absolute atomic E-state index is 0.312. The smallest absolute Gasteiger partial charge is 0.0443 e. The predicted octanol–water partition coefficient (Wildman–Crippen LogP) is 1.18. The molecule has 0 amide bonds. The molecule has 1 fully saturated rings. The summed E-state index contributed by atoms with van der Waals surface area (Å²) in [6.07, 6.45) is 3.65. The maximum atomic E-state index is 8.84. The van der Waals surface area contributed by atoms with E-state index in [2.05, 4.69) is 23.6 Å². The van der Waals surface area contributed by atoms with Crippen LogP contribution in [0.3, 0.4) is 0 Å². The average Bonchev–Trinajstić information content (AvgIpc) is 2.70. The van der Waals surface area contributed by atoms with Gasteiger partial charge < -0.3 is 10.0 Å². The van der Waals surface area contributed by atoms with Crippen LogP contribution in [-0.2, 0) is 0 Å². The first-order chi connectivity index (χ1) is 7.24. The maximum Gasteiger partial charge on any atom is 0.0443 e. The molecule has 0 aromatic rings. The topological polar surface area (TPSA) is 26.7 Å². The van der Waals surface area contributed by atoms with Crippen molar-refractivity contribution in [2.24, 2.45) is 0 Å². The third-order valence-electron chi connectivity index (χ3n) is 3.24. The van der Waals surface area contributed by atoms with Crippen LogP contribution in [0.25, 0.3) is 0 Å². The van der Waals surface area contributed by atoms with Crippen LogP contribution < -0.4 is 0 Å². The highest BCUT2D eigenvalue weighted by Gasteiger charge is 2.14. The van der Waals surface area contributed by atoms with E-state index >= 15 is 0 Å². The van der Waals surface area contributed by atoms with Crippen molar-refractivity contribution in [3.63, 3.8) is 0 Å². The van der Waals surface area contributed by atoms with E-state index in [-0.39, 0.29) is 0 Å². The molecule has 90 valence electrons. The van der Waals surface area contributed by atoms with E-state index in [1.807, 2.05) is 0 Å². The van der Waals surface area contributed by atoms with Gasteiger partial charge in [-0.3, -0.25) is 4.90 Å². The molecule has 1 rings (SSSR count). The Labute approximate surface area is 94.1 Å². The van der Waals surface area contributed by atoms with E-state index in [1.165, 1.54) is 32.5 Å². The summed E-state index contributed by atoms with van der Waals surface area (Å²) in [4.78, 5) is 5.02. The van der Waals surface area contributed by atoms with Crippen LogP contribution >= 0.6 is 0 Å². The fourth-order valence-corrected chi connectivity index (χ4v) is 2.18. The second kappa shape index (κ2) is 7.20. The molecule has 0 aromatic heterocycles. The van der Waals surface area contributed by atoms with Gasteiger partial charge in [-0.2, -0.15) is 0 Å². The number of aliphatic hydroxyl groups is 1. The second-order valence-electron chi connectivity index (χ2n) is 4.76. The van der Waals surface area contributed by atoms with Gasteiger partial charge in [-0.1, -0.05) is 0 Å². The molecule has 3 nitrogen and oxygen atoms in total. The van der Waals surface area contributed by atoms with Crippen molar-refractivity contribution in [3.8, 4) is 0 Å². The first kappa shape index (κ1) is 12.9. The van der Waals surface area contributed by atoms with Crippen LogP contribution in [0.1, 0.15) is 33.1 Å². The first-order valence-electron chi connectivity index (χ1n) is 6.31. The zero-order chi connectivity index (χ0) is 11.1. The Morgan fingerprint density at radius 3 is 2.40 bits per heavy atom. The Bertz CT molecular complexity index is 156. The van der Waals surface area contributed by atoms with Crippen molar-refractivity contribution in [2.45, 2.75) is 39.2 Å². The highest BCUT2D eigenvalue weighted by molar-refractivity contribution is 4.70. The van der Waals surface area contributed by atoms with E-state index in [9.17, 15) is 0 Å². The molecule has 0 atom stereocenters. The van der Waals surface area contributed by atoms with E-state index < -0.39 is 0 Å². The molecule has 0 bridgehead atoms. The number of rotatable bonds is 7. The van der Waals surface area contributed by atoms with Crippen LogP contribution in [0.2, 0.25) is 0 Å². The molecule has 0 saturated carbocycles. The SMILES string of the molecule is CC(C)N(CCCO)CCN1CCCC1. The number of hydrogen-bond acceptors (Lipinski definition) is 3. The van der Waals surface area contributed by atoms with E-state index in [0.717, 1.165) is 19.5 Å². The largest absolute Gasteiger partial charge is 0.396 e. The van der Waals surface area contributed by atoms with E-state index in [0.29, 0.717) is 12.6 Å². The van der Waals surface area contributed by atoms with Gasteiger partial charge >= 0.3 is 0 Å². The van der Waals surface area contributed by atoms with Crippen molar-refractivity contribution < 1.29 is 5.11 Å². The van der Waals surface area contributed by atoms with Gasteiger partial charge in [0.1, 0.15) is 0 Å². The molecule has 0 unspecified atom stereocenters.